The van der Waals surface area contributed by atoms with Crippen LogP contribution in [0.2, 0.25) is 0 Å². The number of pyridine rings is 1. The summed E-state index contributed by atoms with van der Waals surface area (Å²) in [6.45, 7) is 2.84. The molecular weight excluding hydrogens is 188 g/mol. The zero-order chi connectivity index (χ0) is 10.7. The minimum atomic E-state index is 0.845. The zero-order valence-corrected chi connectivity index (χ0v) is 8.94. The van der Waals surface area contributed by atoms with Gasteiger partial charge in [0.05, 0.1) is 0 Å². The number of aromatic nitrogens is 3. The minimum Gasteiger partial charge on any atom is -0.316 e. The normalized spacial score (nSPS) is 10.5. The van der Waals surface area contributed by atoms with Gasteiger partial charge in [0.1, 0.15) is 0 Å². The van der Waals surface area contributed by atoms with Crippen molar-refractivity contribution in [3.05, 3.63) is 41.9 Å². The van der Waals surface area contributed by atoms with Crippen molar-refractivity contribution in [1.82, 2.24) is 20.1 Å². The van der Waals surface area contributed by atoms with Crippen molar-refractivity contribution in [2.45, 2.75) is 13.5 Å². The molecule has 0 aliphatic heterocycles. The lowest BCUT2D eigenvalue weighted by molar-refractivity contribution is 0.796. The predicted molar refractivity (Wildman–Crippen MR) is 58.9 cm³/mol. The van der Waals surface area contributed by atoms with E-state index in [2.05, 4.69) is 21.5 Å². The van der Waals surface area contributed by atoms with Gasteiger partial charge in [0.15, 0.2) is 5.82 Å². The molecular formula is C11H14N4. The first-order chi connectivity index (χ1) is 7.29. The molecule has 2 rings (SSSR count). The molecule has 78 valence electrons. The second-order valence-corrected chi connectivity index (χ2v) is 3.46. The molecule has 1 N–H and O–H groups in total. The Morgan fingerprint density at radius 3 is 2.93 bits per heavy atom. The van der Waals surface area contributed by atoms with Crippen LogP contribution in [0, 0.1) is 6.92 Å². The molecule has 0 radical (unpaired) electrons. The van der Waals surface area contributed by atoms with E-state index in [1.807, 2.05) is 32.3 Å². The van der Waals surface area contributed by atoms with Crippen LogP contribution in [-0.4, -0.2) is 21.8 Å². The summed E-state index contributed by atoms with van der Waals surface area (Å²) in [7, 11) is 1.93. The van der Waals surface area contributed by atoms with Crippen molar-refractivity contribution in [2.24, 2.45) is 0 Å². The van der Waals surface area contributed by atoms with E-state index in [-0.39, 0.29) is 0 Å². The molecule has 0 aromatic carbocycles. The zero-order valence-electron chi connectivity index (χ0n) is 8.94. The number of rotatable bonds is 3. The van der Waals surface area contributed by atoms with Gasteiger partial charge in [0, 0.05) is 24.6 Å². The number of nitrogens with zero attached hydrogens (tertiary/aromatic N) is 3. The lowest BCUT2D eigenvalue weighted by Gasteiger charge is -2.06. The van der Waals surface area contributed by atoms with Crippen LogP contribution in [-0.2, 0) is 6.54 Å². The predicted octanol–water partition coefficient (Wildman–Crippen LogP) is 1.30. The van der Waals surface area contributed by atoms with Gasteiger partial charge in [-0.25, -0.2) is 9.67 Å². The second kappa shape index (κ2) is 4.23. The van der Waals surface area contributed by atoms with Crippen molar-refractivity contribution in [3.63, 3.8) is 0 Å². The molecule has 0 saturated heterocycles. The van der Waals surface area contributed by atoms with E-state index in [0.29, 0.717) is 0 Å². The fraction of sp³-hybridized carbons (Fsp3) is 0.273. The summed E-state index contributed by atoms with van der Waals surface area (Å²) in [6.07, 6.45) is 3.65. The van der Waals surface area contributed by atoms with Crippen LogP contribution < -0.4 is 5.32 Å². The van der Waals surface area contributed by atoms with E-state index in [9.17, 15) is 0 Å². The Morgan fingerprint density at radius 1 is 1.40 bits per heavy atom. The molecule has 0 bridgehead atoms. The van der Waals surface area contributed by atoms with Gasteiger partial charge >= 0.3 is 0 Å². The maximum absolute atomic E-state index is 4.43. The van der Waals surface area contributed by atoms with E-state index in [4.69, 9.17) is 0 Å². The molecule has 15 heavy (non-hydrogen) atoms. The smallest absolute Gasteiger partial charge is 0.153 e. The first-order valence-corrected chi connectivity index (χ1v) is 4.92. The van der Waals surface area contributed by atoms with Crippen molar-refractivity contribution in [3.8, 4) is 5.82 Å². The maximum atomic E-state index is 4.43. The molecule has 2 aromatic rings. The molecule has 0 saturated carbocycles. The molecule has 0 aliphatic rings. The third-order valence-electron chi connectivity index (χ3n) is 2.12. The van der Waals surface area contributed by atoms with E-state index in [0.717, 1.165) is 18.1 Å². The Morgan fingerprint density at radius 2 is 2.27 bits per heavy atom. The average molecular weight is 202 g/mol. The highest BCUT2D eigenvalue weighted by atomic mass is 15.3. The van der Waals surface area contributed by atoms with Crippen molar-refractivity contribution >= 4 is 0 Å². The Bertz CT molecular complexity index is 434. The summed E-state index contributed by atoms with van der Waals surface area (Å²) in [6, 6.07) is 6.00. The highest BCUT2D eigenvalue weighted by Crippen LogP contribution is 2.08. The molecule has 0 amide bonds. The molecule has 2 heterocycles. The first-order valence-electron chi connectivity index (χ1n) is 4.92. The molecule has 2 aromatic heterocycles. The summed E-state index contributed by atoms with van der Waals surface area (Å²) in [5.41, 5.74) is 2.23. The van der Waals surface area contributed by atoms with E-state index in [1.165, 1.54) is 5.56 Å². The van der Waals surface area contributed by atoms with Crippen LogP contribution in [0.3, 0.4) is 0 Å². The Hall–Kier alpha value is -1.68. The first kappa shape index (κ1) is 9.86. The van der Waals surface area contributed by atoms with Crippen molar-refractivity contribution < 1.29 is 0 Å². The summed E-state index contributed by atoms with van der Waals surface area (Å²) in [4.78, 5) is 4.43. The van der Waals surface area contributed by atoms with Gasteiger partial charge in [-0.15, -0.1) is 0 Å². The Kier molecular flexibility index (Phi) is 2.78. The molecule has 0 spiro atoms. The highest BCUT2D eigenvalue weighted by molar-refractivity contribution is 5.29. The van der Waals surface area contributed by atoms with Gasteiger partial charge in [-0.2, -0.15) is 5.10 Å². The molecule has 0 atom stereocenters. The summed E-state index contributed by atoms with van der Waals surface area (Å²) in [5.74, 6) is 0.866. The minimum absolute atomic E-state index is 0.845. The highest BCUT2D eigenvalue weighted by Gasteiger charge is 2.01. The standard InChI is InChI=1S/C11H14N4/c1-9-6-10(8-12-2)7-11(14-9)15-5-3-4-13-15/h3-7,12H,8H2,1-2H3. The van der Waals surface area contributed by atoms with Gasteiger partial charge < -0.3 is 5.32 Å². The molecule has 4 heteroatoms. The SMILES string of the molecule is CNCc1cc(C)nc(-n2cccn2)c1. The molecule has 0 fully saturated rings. The van der Waals surface area contributed by atoms with Crippen LogP contribution in [0.5, 0.6) is 0 Å². The monoisotopic (exact) mass is 202 g/mol. The van der Waals surface area contributed by atoms with Crippen molar-refractivity contribution in [1.29, 1.82) is 0 Å². The van der Waals surface area contributed by atoms with Crippen LogP contribution >= 0.6 is 0 Å². The van der Waals surface area contributed by atoms with E-state index < -0.39 is 0 Å². The molecule has 0 aliphatic carbocycles. The number of hydrogen-bond acceptors (Lipinski definition) is 3. The van der Waals surface area contributed by atoms with Gasteiger partial charge in [-0.05, 0) is 37.7 Å². The fourth-order valence-electron chi connectivity index (χ4n) is 1.55. The average Bonchev–Trinajstić information content (AvgIpc) is 2.70. The number of nitrogens with one attached hydrogen (secondary N) is 1. The fourth-order valence-corrected chi connectivity index (χ4v) is 1.55. The van der Waals surface area contributed by atoms with Crippen molar-refractivity contribution in [2.75, 3.05) is 7.05 Å². The van der Waals surface area contributed by atoms with E-state index in [1.54, 1.807) is 10.9 Å². The quantitative estimate of drug-likeness (QED) is 0.815. The third-order valence-corrected chi connectivity index (χ3v) is 2.12. The summed E-state index contributed by atoms with van der Waals surface area (Å²) in [5, 5.41) is 7.29. The largest absolute Gasteiger partial charge is 0.316 e. The van der Waals surface area contributed by atoms with Crippen LogP contribution in [0.15, 0.2) is 30.6 Å². The van der Waals surface area contributed by atoms with Gasteiger partial charge in [0.2, 0.25) is 0 Å². The summed E-state index contributed by atoms with van der Waals surface area (Å²) < 4.78 is 1.77. The van der Waals surface area contributed by atoms with Crippen LogP contribution in [0.25, 0.3) is 5.82 Å². The Balaban J connectivity index is 2.40. The van der Waals surface area contributed by atoms with Gasteiger partial charge in [-0.3, -0.25) is 0 Å². The lowest BCUT2D eigenvalue weighted by Crippen LogP contribution is -2.07. The molecule has 4 nitrogen and oxygen atoms in total. The second-order valence-electron chi connectivity index (χ2n) is 3.46. The maximum Gasteiger partial charge on any atom is 0.153 e. The topological polar surface area (TPSA) is 42.7 Å². The van der Waals surface area contributed by atoms with Crippen LogP contribution in [0.4, 0.5) is 0 Å². The van der Waals surface area contributed by atoms with E-state index >= 15 is 0 Å². The summed E-state index contributed by atoms with van der Waals surface area (Å²) >= 11 is 0. The Labute approximate surface area is 89.0 Å². The van der Waals surface area contributed by atoms with Gasteiger partial charge in [0.25, 0.3) is 0 Å². The third kappa shape index (κ3) is 2.22. The lowest BCUT2D eigenvalue weighted by atomic mass is 10.2. The van der Waals surface area contributed by atoms with Crippen LogP contribution in [0.1, 0.15) is 11.3 Å². The molecule has 0 unspecified atom stereocenters. The van der Waals surface area contributed by atoms with Gasteiger partial charge in [-0.1, -0.05) is 0 Å². The number of hydrogen-bond donors (Lipinski definition) is 1. The number of aryl methyl sites for hydroxylation is 1.